The molecule has 0 N–H and O–H groups in total. The zero-order valence-corrected chi connectivity index (χ0v) is 21.3. The minimum absolute atomic E-state index is 0.116. The van der Waals surface area contributed by atoms with E-state index < -0.39 is 10.8 Å². The fraction of sp³-hybridized carbons (Fsp3) is 0.333. The van der Waals surface area contributed by atoms with Crippen LogP contribution in [0.3, 0.4) is 0 Å². The number of rotatable bonds is 10. The molecule has 0 spiro atoms. The average molecular weight is 526 g/mol. The van der Waals surface area contributed by atoms with Crippen LogP contribution in [0.5, 0.6) is 0 Å². The number of carbonyl (C=O) groups excluding carboxylic acids is 2. The summed E-state index contributed by atoms with van der Waals surface area (Å²) in [5.41, 5.74) is 1.99. The van der Waals surface area contributed by atoms with Gasteiger partial charge in [0.05, 0.1) is 17.6 Å². The summed E-state index contributed by atoms with van der Waals surface area (Å²) >= 11 is 1.55. The molecule has 1 fully saturated rings. The van der Waals surface area contributed by atoms with Crippen molar-refractivity contribution in [2.75, 3.05) is 19.7 Å². The molecule has 194 valence electrons. The van der Waals surface area contributed by atoms with E-state index in [-0.39, 0.29) is 48.7 Å². The lowest BCUT2D eigenvalue weighted by Gasteiger charge is -2.29. The fourth-order valence-electron chi connectivity index (χ4n) is 4.21. The topological polar surface area (TPSA) is 93.0 Å². The Hall–Kier alpha value is -3.63. The number of halogens is 1. The summed E-state index contributed by atoms with van der Waals surface area (Å²) in [6.07, 6.45) is 1.48. The monoisotopic (exact) mass is 525 g/mol. The molecule has 1 saturated heterocycles. The Morgan fingerprint density at radius 3 is 2.41 bits per heavy atom. The van der Waals surface area contributed by atoms with Crippen LogP contribution in [0.1, 0.15) is 39.2 Å². The number of ether oxygens (including phenoxy) is 1. The quantitative estimate of drug-likeness (QED) is 0.276. The van der Waals surface area contributed by atoms with Gasteiger partial charge in [-0.05, 0) is 66.6 Å². The van der Waals surface area contributed by atoms with Gasteiger partial charge >= 0.3 is 0 Å². The van der Waals surface area contributed by atoms with Crippen molar-refractivity contribution in [2.24, 2.45) is 0 Å². The van der Waals surface area contributed by atoms with E-state index in [1.807, 2.05) is 18.4 Å². The van der Waals surface area contributed by atoms with Crippen molar-refractivity contribution in [2.45, 2.75) is 39.0 Å². The summed E-state index contributed by atoms with van der Waals surface area (Å²) in [4.78, 5) is 41.7. The first-order chi connectivity index (χ1) is 17.8. The van der Waals surface area contributed by atoms with Gasteiger partial charge in [-0.15, -0.1) is 11.3 Å². The molecule has 1 atom stereocenters. The second-order valence-corrected chi connectivity index (χ2v) is 10.0. The molecule has 8 nitrogen and oxygen atoms in total. The third-order valence-corrected chi connectivity index (χ3v) is 7.34. The van der Waals surface area contributed by atoms with Crippen LogP contribution in [0.2, 0.25) is 0 Å². The Morgan fingerprint density at radius 2 is 1.81 bits per heavy atom. The molecule has 3 aromatic rings. The van der Waals surface area contributed by atoms with Crippen LogP contribution in [0, 0.1) is 22.9 Å². The second kappa shape index (κ2) is 12.1. The first-order valence-electron chi connectivity index (χ1n) is 12.0. The van der Waals surface area contributed by atoms with E-state index in [0.717, 1.165) is 28.8 Å². The van der Waals surface area contributed by atoms with Crippen LogP contribution in [0.25, 0.3) is 0 Å². The van der Waals surface area contributed by atoms with Gasteiger partial charge in [-0.1, -0.05) is 12.1 Å². The van der Waals surface area contributed by atoms with Gasteiger partial charge in [0, 0.05) is 42.3 Å². The number of carbonyl (C=O) groups is 2. The standard InChI is InChI=1S/C27H28FN3O5S/c1-19-12-14-37-25(19)17-29(15-20-4-8-22(28)9-5-20)26(32)18-30(16-24-3-2-13-36-24)27(33)21-6-10-23(11-7-21)31(34)35/h4-12,14,24H,2-3,13,15-18H2,1H3. The SMILES string of the molecule is Cc1ccsc1CN(Cc1ccc(F)cc1)C(=O)CN(CC1CCCO1)C(=O)c1ccc([N+](=O)[O-])cc1. The van der Waals surface area contributed by atoms with Crippen molar-refractivity contribution >= 4 is 28.8 Å². The lowest BCUT2D eigenvalue weighted by atomic mass is 10.1. The highest BCUT2D eigenvalue weighted by Crippen LogP contribution is 2.21. The lowest BCUT2D eigenvalue weighted by Crippen LogP contribution is -2.45. The predicted molar refractivity (Wildman–Crippen MR) is 138 cm³/mol. The summed E-state index contributed by atoms with van der Waals surface area (Å²) < 4.78 is 19.2. The van der Waals surface area contributed by atoms with Gasteiger partial charge in [0.1, 0.15) is 12.4 Å². The zero-order chi connectivity index (χ0) is 26.4. The van der Waals surface area contributed by atoms with E-state index in [1.54, 1.807) is 28.4 Å². The molecule has 4 rings (SSSR count). The van der Waals surface area contributed by atoms with Crippen LogP contribution in [-0.4, -0.2) is 52.3 Å². The van der Waals surface area contributed by atoms with Gasteiger partial charge in [-0.2, -0.15) is 0 Å². The summed E-state index contributed by atoms with van der Waals surface area (Å²) in [5, 5.41) is 13.0. The molecule has 1 unspecified atom stereocenters. The molecule has 2 heterocycles. The Bertz CT molecular complexity index is 1240. The van der Waals surface area contributed by atoms with Gasteiger partial charge in [-0.3, -0.25) is 19.7 Å². The van der Waals surface area contributed by atoms with Gasteiger partial charge < -0.3 is 14.5 Å². The molecular formula is C27H28FN3O5S. The van der Waals surface area contributed by atoms with Crippen molar-refractivity contribution in [1.29, 1.82) is 0 Å². The fourth-order valence-corrected chi connectivity index (χ4v) is 5.13. The normalized spacial score (nSPS) is 14.9. The largest absolute Gasteiger partial charge is 0.376 e. The molecule has 0 bridgehead atoms. The highest BCUT2D eigenvalue weighted by atomic mass is 32.1. The van der Waals surface area contributed by atoms with Crippen LogP contribution in [0.4, 0.5) is 10.1 Å². The van der Waals surface area contributed by atoms with Crippen molar-refractivity contribution in [3.8, 4) is 0 Å². The number of hydrogen-bond acceptors (Lipinski definition) is 6. The van der Waals surface area contributed by atoms with E-state index in [2.05, 4.69) is 0 Å². The first-order valence-corrected chi connectivity index (χ1v) is 12.9. The molecule has 10 heteroatoms. The van der Waals surface area contributed by atoms with Gasteiger partial charge in [-0.25, -0.2) is 4.39 Å². The number of benzene rings is 2. The number of thiophene rings is 1. The van der Waals surface area contributed by atoms with Gasteiger partial charge in [0.2, 0.25) is 5.91 Å². The summed E-state index contributed by atoms with van der Waals surface area (Å²) in [6, 6.07) is 13.3. The van der Waals surface area contributed by atoms with Crippen LogP contribution in [0.15, 0.2) is 60.0 Å². The third-order valence-electron chi connectivity index (χ3n) is 6.33. The second-order valence-electron chi connectivity index (χ2n) is 9.03. The van der Waals surface area contributed by atoms with E-state index in [9.17, 15) is 24.1 Å². The molecule has 0 radical (unpaired) electrons. The molecule has 2 aromatic carbocycles. The minimum atomic E-state index is -0.526. The Morgan fingerprint density at radius 1 is 1.08 bits per heavy atom. The van der Waals surface area contributed by atoms with Crippen molar-refractivity contribution in [3.05, 3.63) is 97.5 Å². The molecular weight excluding hydrogens is 497 g/mol. The van der Waals surface area contributed by atoms with Crippen LogP contribution < -0.4 is 0 Å². The number of nitro groups is 1. The van der Waals surface area contributed by atoms with Crippen molar-refractivity contribution < 1.29 is 23.6 Å². The highest BCUT2D eigenvalue weighted by Gasteiger charge is 2.28. The molecule has 2 amide bonds. The average Bonchev–Trinajstić information content (AvgIpc) is 3.55. The lowest BCUT2D eigenvalue weighted by molar-refractivity contribution is -0.384. The molecule has 1 aliphatic heterocycles. The van der Waals surface area contributed by atoms with E-state index in [0.29, 0.717) is 13.2 Å². The van der Waals surface area contributed by atoms with E-state index >= 15 is 0 Å². The third kappa shape index (κ3) is 6.99. The number of aryl methyl sites for hydroxylation is 1. The maximum absolute atomic E-state index is 13.6. The first kappa shape index (κ1) is 26.4. The minimum Gasteiger partial charge on any atom is -0.376 e. The predicted octanol–water partition coefficient (Wildman–Crippen LogP) is 4.95. The number of nitrogens with zero attached hydrogens (tertiary/aromatic N) is 3. The maximum atomic E-state index is 13.6. The maximum Gasteiger partial charge on any atom is 0.269 e. The molecule has 37 heavy (non-hydrogen) atoms. The molecule has 1 aromatic heterocycles. The Labute approximate surface area is 218 Å². The highest BCUT2D eigenvalue weighted by molar-refractivity contribution is 7.10. The molecule has 0 saturated carbocycles. The van der Waals surface area contributed by atoms with Gasteiger partial charge in [0.25, 0.3) is 11.6 Å². The number of nitro benzene ring substituents is 1. The summed E-state index contributed by atoms with van der Waals surface area (Å²) in [6.45, 7) is 3.27. The van der Waals surface area contributed by atoms with Crippen LogP contribution >= 0.6 is 11.3 Å². The van der Waals surface area contributed by atoms with Gasteiger partial charge in [0.15, 0.2) is 0 Å². The van der Waals surface area contributed by atoms with Crippen molar-refractivity contribution in [3.63, 3.8) is 0 Å². The number of amides is 2. The number of non-ortho nitro benzene ring substituents is 1. The summed E-state index contributed by atoms with van der Waals surface area (Å²) in [7, 11) is 0. The molecule has 1 aliphatic rings. The summed E-state index contributed by atoms with van der Waals surface area (Å²) in [5.74, 6) is -1.01. The zero-order valence-electron chi connectivity index (χ0n) is 20.5. The smallest absolute Gasteiger partial charge is 0.269 e. The Kier molecular flexibility index (Phi) is 8.62. The Balaban J connectivity index is 1.56. The molecule has 0 aliphatic carbocycles. The van der Waals surface area contributed by atoms with E-state index in [4.69, 9.17) is 4.74 Å². The number of hydrogen-bond donors (Lipinski definition) is 0. The van der Waals surface area contributed by atoms with Crippen molar-refractivity contribution in [1.82, 2.24) is 9.80 Å². The van der Waals surface area contributed by atoms with E-state index in [1.165, 1.54) is 41.3 Å². The van der Waals surface area contributed by atoms with Crippen LogP contribution in [-0.2, 0) is 22.6 Å².